The lowest BCUT2D eigenvalue weighted by molar-refractivity contribution is 0.225. The maximum Gasteiger partial charge on any atom is 0.0177 e. The first-order chi connectivity index (χ1) is 12.1. The standard InChI is InChI=1S/C24H51N/c1-5-9-10-11-12-13-14-15-16-17-18-19-20-21-22-23(6-2)24(25,7-3)8-4/h23H,5-22,25H2,1-4H3. The summed E-state index contributed by atoms with van der Waals surface area (Å²) in [5, 5.41) is 0. The van der Waals surface area contributed by atoms with E-state index in [1.807, 2.05) is 0 Å². The second-order valence-electron chi connectivity index (χ2n) is 8.43. The van der Waals surface area contributed by atoms with Gasteiger partial charge in [-0.25, -0.2) is 0 Å². The molecule has 0 aliphatic rings. The first-order valence-corrected chi connectivity index (χ1v) is 11.9. The smallest absolute Gasteiger partial charge is 0.0177 e. The molecule has 0 amide bonds. The van der Waals surface area contributed by atoms with Gasteiger partial charge in [0, 0.05) is 5.54 Å². The molecule has 0 heterocycles. The van der Waals surface area contributed by atoms with Gasteiger partial charge in [-0.05, 0) is 25.2 Å². The molecular formula is C24H51N. The largest absolute Gasteiger partial charge is 0.325 e. The summed E-state index contributed by atoms with van der Waals surface area (Å²) >= 11 is 0. The van der Waals surface area contributed by atoms with Gasteiger partial charge in [-0.2, -0.15) is 0 Å². The van der Waals surface area contributed by atoms with Gasteiger partial charge in [-0.15, -0.1) is 0 Å². The van der Waals surface area contributed by atoms with Crippen LogP contribution in [0, 0.1) is 5.92 Å². The van der Waals surface area contributed by atoms with Crippen molar-refractivity contribution in [3.63, 3.8) is 0 Å². The molecule has 0 radical (unpaired) electrons. The zero-order valence-electron chi connectivity index (χ0n) is 18.4. The Kier molecular flexibility index (Phi) is 17.3. The monoisotopic (exact) mass is 353 g/mol. The third kappa shape index (κ3) is 12.9. The number of hydrogen-bond acceptors (Lipinski definition) is 1. The van der Waals surface area contributed by atoms with E-state index in [2.05, 4.69) is 27.7 Å². The van der Waals surface area contributed by atoms with Crippen LogP contribution >= 0.6 is 0 Å². The topological polar surface area (TPSA) is 26.0 Å². The van der Waals surface area contributed by atoms with E-state index in [1.54, 1.807) is 0 Å². The van der Waals surface area contributed by atoms with Gasteiger partial charge in [0.1, 0.15) is 0 Å². The van der Waals surface area contributed by atoms with Crippen molar-refractivity contribution in [2.45, 2.75) is 149 Å². The maximum absolute atomic E-state index is 6.61. The Morgan fingerprint density at radius 2 is 0.920 bits per heavy atom. The van der Waals surface area contributed by atoms with Crippen LogP contribution in [-0.4, -0.2) is 5.54 Å². The molecule has 1 atom stereocenters. The number of nitrogens with two attached hydrogens (primary N) is 1. The lowest BCUT2D eigenvalue weighted by Gasteiger charge is -2.36. The molecule has 0 fully saturated rings. The zero-order valence-corrected chi connectivity index (χ0v) is 18.4. The quantitative estimate of drug-likeness (QED) is 0.232. The normalized spacial score (nSPS) is 13.3. The molecule has 25 heavy (non-hydrogen) atoms. The van der Waals surface area contributed by atoms with Crippen LogP contribution in [0.1, 0.15) is 143 Å². The Morgan fingerprint density at radius 1 is 0.560 bits per heavy atom. The van der Waals surface area contributed by atoms with Gasteiger partial charge in [0.2, 0.25) is 0 Å². The zero-order chi connectivity index (χ0) is 18.8. The second kappa shape index (κ2) is 17.4. The molecule has 152 valence electrons. The molecule has 0 aromatic carbocycles. The van der Waals surface area contributed by atoms with E-state index in [-0.39, 0.29) is 5.54 Å². The van der Waals surface area contributed by atoms with Crippen molar-refractivity contribution in [3.8, 4) is 0 Å². The summed E-state index contributed by atoms with van der Waals surface area (Å²) in [6.45, 7) is 9.14. The third-order valence-corrected chi connectivity index (χ3v) is 6.53. The Hall–Kier alpha value is -0.0400. The Bertz CT molecular complexity index is 257. The Balaban J connectivity index is 3.41. The molecular weight excluding hydrogens is 302 g/mol. The lowest BCUT2D eigenvalue weighted by atomic mass is 9.76. The van der Waals surface area contributed by atoms with E-state index >= 15 is 0 Å². The first kappa shape index (κ1) is 25.0. The van der Waals surface area contributed by atoms with Gasteiger partial charge in [0.05, 0.1) is 0 Å². The molecule has 0 aromatic heterocycles. The predicted molar refractivity (Wildman–Crippen MR) is 116 cm³/mol. The Labute approximate surface area is 160 Å². The van der Waals surface area contributed by atoms with Gasteiger partial charge >= 0.3 is 0 Å². The van der Waals surface area contributed by atoms with E-state index in [9.17, 15) is 0 Å². The second-order valence-corrected chi connectivity index (χ2v) is 8.43. The summed E-state index contributed by atoms with van der Waals surface area (Å²) in [5.74, 6) is 0.722. The molecule has 0 bridgehead atoms. The molecule has 1 heteroatoms. The molecule has 0 aliphatic carbocycles. The molecule has 0 saturated carbocycles. The summed E-state index contributed by atoms with van der Waals surface area (Å²) in [7, 11) is 0. The van der Waals surface area contributed by atoms with Crippen molar-refractivity contribution in [3.05, 3.63) is 0 Å². The summed E-state index contributed by atoms with van der Waals surface area (Å²) < 4.78 is 0. The lowest BCUT2D eigenvalue weighted by Crippen LogP contribution is -2.45. The summed E-state index contributed by atoms with van der Waals surface area (Å²) in [6.07, 6.45) is 25.0. The molecule has 1 nitrogen and oxygen atoms in total. The van der Waals surface area contributed by atoms with Crippen molar-refractivity contribution in [2.24, 2.45) is 11.7 Å². The molecule has 0 saturated heterocycles. The van der Waals surface area contributed by atoms with Gasteiger partial charge in [-0.1, -0.05) is 124 Å². The predicted octanol–water partition coefficient (Wildman–Crippen LogP) is 8.40. The number of rotatable bonds is 19. The van der Waals surface area contributed by atoms with Crippen molar-refractivity contribution < 1.29 is 0 Å². The summed E-state index contributed by atoms with van der Waals surface area (Å²) in [6, 6.07) is 0. The highest BCUT2D eigenvalue weighted by Gasteiger charge is 2.29. The molecule has 0 aromatic rings. The van der Waals surface area contributed by atoms with Crippen LogP contribution in [0.2, 0.25) is 0 Å². The van der Waals surface area contributed by atoms with Gasteiger partial charge in [0.25, 0.3) is 0 Å². The van der Waals surface area contributed by atoms with Crippen LogP contribution in [0.15, 0.2) is 0 Å². The number of hydrogen-bond donors (Lipinski definition) is 1. The fourth-order valence-electron chi connectivity index (χ4n) is 4.31. The minimum absolute atomic E-state index is 0.0886. The highest BCUT2D eigenvalue weighted by Crippen LogP contribution is 2.30. The molecule has 1 unspecified atom stereocenters. The van der Waals surface area contributed by atoms with Crippen molar-refractivity contribution in [1.82, 2.24) is 0 Å². The van der Waals surface area contributed by atoms with E-state index in [1.165, 1.54) is 103 Å². The fraction of sp³-hybridized carbons (Fsp3) is 1.00. The molecule has 0 spiro atoms. The van der Waals surface area contributed by atoms with Crippen LogP contribution in [0.3, 0.4) is 0 Å². The van der Waals surface area contributed by atoms with Crippen molar-refractivity contribution >= 4 is 0 Å². The van der Waals surface area contributed by atoms with Crippen molar-refractivity contribution in [1.29, 1.82) is 0 Å². The van der Waals surface area contributed by atoms with Crippen LogP contribution in [0.5, 0.6) is 0 Å². The summed E-state index contributed by atoms with van der Waals surface area (Å²) in [5.41, 5.74) is 6.69. The molecule has 0 rings (SSSR count). The van der Waals surface area contributed by atoms with Crippen LogP contribution in [0.4, 0.5) is 0 Å². The van der Waals surface area contributed by atoms with E-state index in [0.717, 1.165) is 18.8 Å². The van der Waals surface area contributed by atoms with Gasteiger partial charge in [-0.3, -0.25) is 0 Å². The third-order valence-electron chi connectivity index (χ3n) is 6.53. The highest BCUT2D eigenvalue weighted by atomic mass is 14.7. The Morgan fingerprint density at radius 3 is 1.24 bits per heavy atom. The highest BCUT2D eigenvalue weighted by molar-refractivity contribution is 4.88. The minimum Gasteiger partial charge on any atom is -0.325 e. The SMILES string of the molecule is CCCCCCCCCCCCCCCCC(CC)C(N)(CC)CC. The van der Waals surface area contributed by atoms with Crippen LogP contribution in [-0.2, 0) is 0 Å². The molecule has 0 aliphatic heterocycles. The first-order valence-electron chi connectivity index (χ1n) is 11.9. The van der Waals surface area contributed by atoms with Gasteiger partial charge in [0.15, 0.2) is 0 Å². The molecule has 2 N–H and O–H groups in total. The summed E-state index contributed by atoms with van der Waals surface area (Å²) in [4.78, 5) is 0. The van der Waals surface area contributed by atoms with E-state index < -0.39 is 0 Å². The fourth-order valence-corrected chi connectivity index (χ4v) is 4.31. The van der Waals surface area contributed by atoms with Crippen molar-refractivity contribution in [2.75, 3.05) is 0 Å². The maximum atomic E-state index is 6.61. The van der Waals surface area contributed by atoms with E-state index in [0.29, 0.717) is 0 Å². The minimum atomic E-state index is 0.0886. The average Bonchev–Trinajstić information content (AvgIpc) is 2.64. The van der Waals surface area contributed by atoms with E-state index in [4.69, 9.17) is 5.73 Å². The van der Waals surface area contributed by atoms with Crippen LogP contribution in [0.25, 0.3) is 0 Å². The van der Waals surface area contributed by atoms with Crippen LogP contribution < -0.4 is 5.73 Å². The number of unbranched alkanes of at least 4 members (excludes halogenated alkanes) is 13. The van der Waals surface area contributed by atoms with Gasteiger partial charge < -0.3 is 5.73 Å². The average molecular weight is 354 g/mol.